The van der Waals surface area contributed by atoms with Crippen molar-refractivity contribution < 1.29 is 24.3 Å². The minimum Gasteiger partial charge on any atom is -0.480 e. The molecule has 3 atom stereocenters. The number of carboxylic acids is 1. The molecule has 0 spiro atoms. The first kappa shape index (κ1) is 30.4. The van der Waals surface area contributed by atoms with E-state index in [-0.39, 0.29) is 44.4 Å². The Labute approximate surface area is 198 Å². The van der Waals surface area contributed by atoms with E-state index in [2.05, 4.69) is 25.9 Å². The minimum absolute atomic E-state index is 0.109. The Balaban J connectivity index is 5.50. The quantitative estimate of drug-likeness (QED) is 0.0583. The second-order valence-corrected chi connectivity index (χ2v) is 7.85. The number of nitrogens with one attached hydrogen (secondary N) is 3. The van der Waals surface area contributed by atoms with Crippen molar-refractivity contribution in [1.82, 2.24) is 16.0 Å². The molecule has 0 rings (SSSR count). The first-order valence-electron chi connectivity index (χ1n) is 10.8. The van der Waals surface area contributed by atoms with Gasteiger partial charge in [-0.05, 0) is 31.6 Å². The maximum atomic E-state index is 12.9. The molecule has 0 heterocycles. The van der Waals surface area contributed by atoms with Gasteiger partial charge in [-0.3, -0.25) is 24.4 Å². The largest absolute Gasteiger partial charge is 0.480 e. The molecule has 14 N–H and O–H groups in total. The fourth-order valence-electron chi connectivity index (χ4n) is 2.84. The van der Waals surface area contributed by atoms with Crippen LogP contribution in [0.5, 0.6) is 0 Å². The smallest absolute Gasteiger partial charge is 0.326 e. The Morgan fingerprint density at radius 3 is 1.62 bits per heavy atom. The first-order valence-corrected chi connectivity index (χ1v) is 10.8. The predicted molar refractivity (Wildman–Crippen MR) is 127 cm³/mol. The maximum absolute atomic E-state index is 12.9. The van der Waals surface area contributed by atoms with Crippen molar-refractivity contribution in [3.05, 3.63) is 0 Å². The summed E-state index contributed by atoms with van der Waals surface area (Å²) in [5, 5.41) is 16.9. The fraction of sp³-hybridized carbons (Fsp3) is 0.684. The number of guanidine groups is 2. The van der Waals surface area contributed by atoms with Crippen molar-refractivity contribution >= 4 is 35.6 Å². The van der Waals surface area contributed by atoms with E-state index in [9.17, 15) is 24.3 Å². The molecule has 34 heavy (non-hydrogen) atoms. The zero-order chi connectivity index (χ0) is 26.3. The fourth-order valence-corrected chi connectivity index (χ4v) is 2.84. The molecule has 0 aliphatic carbocycles. The minimum atomic E-state index is -1.21. The second kappa shape index (κ2) is 16.1. The van der Waals surface area contributed by atoms with Gasteiger partial charge in [-0.1, -0.05) is 13.8 Å². The molecule has 0 saturated heterocycles. The Hall–Kier alpha value is -3.62. The Morgan fingerprint density at radius 2 is 1.24 bits per heavy atom. The summed E-state index contributed by atoms with van der Waals surface area (Å²) < 4.78 is 0. The lowest BCUT2D eigenvalue weighted by atomic mass is 10.0. The van der Waals surface area contributed by atoms with E-state index in [1.54, 1.807) is 13.8 Å². The van der Waals surface area contributed by atoms with E-state index in [4.69, 9.17) is 28.7 Å². The molecule has 0 radical (unpaired) electrons. The van der Waals surface area contributed by atoms with Crippen molar-refractivity contribution in [3.63, 3.8) is 0 Å². The van der Waals surface area contributed by atoms with Crippen molar-refractivity contribution in [2.24, 2.45) is 44.6 Å². The highest BCUT2D eigenvalue weighted by atomic mass is 16.4. The number of hydrogen-bond donors (Lipinski definition) is 9. The highest BCUT2D eigenvalue weighted by molar-refractivity contribution is 5.93. The lowest BCUT2D eigenvalue weighted by Gasteiger charge is -2.25. The van der Waals surface area contributed by atoms with Crippen LogP contribution in [0.3, 0.4) is 0 Å². The number of aliphatic imine (C=N–C) groups is 2. The average molecular weight is 487 g/mol. The van der Waals surface area contributed by atoms with Crippen LogP contribution in [-0.4, -0.2) is 78.5 Å². The van der Waals surface area contributed by atoms with Crippen LogP contribution < -0.4 is 44.6 Å². The summed E-state index contributed by atoms with van der Waals surface area (Å²) in [6, 6.07) is -3.27. The number of nitrogens with two attached hydrogens (primary N) is 5. The molecule has 3 unspecified atom stereocenters. The third-order valence-corrected chi connectivity index (χ3v) is 4.59. The molecule has 0 saturated carbocycles. The number of rotatable bonds is 16. The van der Waals surface area contributed by atoms with Crippen molar-refractivity contribution in [2.45, 2.75) is 57.7 Å². The number of carboxylic acid groups (broad SMARTS) is 1. The number of carbonyl (C=O) groups is 4. The molecular formula is C19H38N10O5. The third-order valence-electron chi connectivity index (χ3n) is 4.59. The van der Waals surface area contributed by atoms with E-state index in [1.807, 2.05) is 0 Å². The van der Waals surface area contributed by atoms with Gasteiger partial charge in [0.05, 0.1) is 6.54 Å². The van der Waals surface area contributed by atoms with Crippen molar-refractivity contribution in [2.75, 3.05) is 19.6 Å². The number of nitrogens with zero attached hydrogens (tertiary/aromatic N) is 2. The van der Waals surface area contributed by atoms with E-state index < -0.39 is 47.7 Å². The zero-order valence-corrected chi connectivity index (χ0v) is 19.6. The summed E-state index contributed by atoms with van der Waals surface area (Å²) in [5.41, 5.74) is 26.5. The first-order chi connectivity index (χ1) is 15.9. The predicted octanol–water partition coefficient (Wildman–Crippen LogP) is -3.75. The van der Waals surface area contributed by atoms with Crippen LogP contribution in [0.2, 0.25) is 0 Å². The molecule has 0 aromatic rings. The SMILES string of the molecule is CC(C)C(NC(=O)C(CCCN=C(N)N)NC(=O)C(CCCN=C(N)N)NC(=O)CN)C(=O)O. The number of hydrogen-bond acceptors (Lipinski definition) is 7. The molecule has 194 valence electrons. The summed E-state index contributed by atoms with van der Waals surface area (Å²) in [6.45, 7) is 3.36. The van der Waals surface area contributed by atoms with Gasteiger partial charge in [-0.2, -0.15) is 0 Å². The van der Waals surface area contributed by atoms with Crippen LogP contribution in [-0.2, 0) is 19.2 Å². The van der Waals surface area contributed by atoms with E-state index in [0.717, 1.165) is 0 Å². The number of carbonyl (C=O) groups excluding carboxylic acids is 3. The topological polar surface area (TPSA) is 279 Å². The standard InChI is InChI=1S/C19H38N10O5/c1-10(2)14(17(33)34)29-16(32)12(6-4-8-26-19(23)24)28-15(31)11(27-13(30)9-20)5-3-7-25-18(21)22/h10-12,14H,3-9,20H2,1-2H3,(H,27,30)(H,28,31)(H,29,32)(H,33,34)(H4,21,22,25)(H4,23,24,26). The van der Waals surface area contributed by atoms with Gasteiger partial charge in [0.2, 0.25) is 17.7 Å². The van der Waals surface area contributed by atoms with Crippen LogP contribution in [0, 0.1) is 5.92 Å². The lowest BCUT2D eigenvalue weighted by Crippen LogP contribution is -2.56. The highest BCUT2D eigenvalue weighted by Crippen LogP contribution is 2.07. The highest BCUT2D eigenvalue weighted by Gasteiger charge is 2.30. The van der Waals surface area contributed by atoms with Gasteiger partial charge in [0.25, 0.3) is 0 Å². The molecular weight excluding hydrogens is 448 g/mol. The average Bonchev–Trinajstić information content (AvgIpc) is 2.74. The molecule has 0 aliphatic rings. The van der Waals surface area contributed by atoms with Gasteiger partial charge < -0.3 is 49.7 Å². The van der Waals surface area contributed by atoms with Crippen LogP contribution in [0.4, 0.5) is 0 Å². The summed E-state index contributed by atoms with van der Waals surface area (Å²) in [5.74, 6) is -3.74. The summed E-state index contributed by atoms with van der Waals surface area (Å²) in [6.07, 6.45) is 0.960. The number of amides is 3. The summed E-state index contributed by atoms with van der Waals surface area (Å²) >= 11 is 0. The Bertz CT molecular complexity index is 748. The van der Waals surface area contributed by atoms with E-state index >= 15 is 0 Å². The molecule has 15 heteroatoms. The molecule has 0 aliphatic heterocycles. The van der Waals surface area contributed by atoms with Gasteiger partial charge in [-0.25, -0.2) is 4.79 Å². The Kier molecular flexibility index (Phi) is 14.4. The Morgan fingerprint density at radius 1 is 0.794 bits per heavy atom. The molecule has 0 fully saturated rings. The third kappa shape index (κ3) is 13.0. The van der Waals surface area contributed by atoms with E-state index in [0.29, 0.717) is 12.8 Å². The van der Waals surface area contributed by atoms with Crippen molar-refractivity contribution in [1.29, 1.82) is 0 Å². The van der Waals surface area contributed by atoms with Crippen molar-refractivity contribution in [3.8, 4) is 0 Å². The van der Waals surface area contributed by atoms with Gasteiger partial charge in [0.15, 0.2) is 11.9 Å². The molecule has 0 aromatic carbocycles. The van der Waals surface area contributed by atoms with Gasteiger partial charge in [-0.15, -0.1) is 0 Å². The monoisotopic (exact) mass is 486 g/mol. The molecule has 15 nitrogen and oxygen atoms in total. The summed E-state index contributed by atoms with van der Waals surface area (Å²) in [7, 11) is 0. The summed E-state index contributed by atoms with van der Waals surface area (Å²) in [4.78, 5) is 56.7. The van der Waals surface area contributed by atoms with Gasteiger partial charge in [0.1, 0.15) is 18.1 Å². The number of aliphatic carboxylic acids is 1. The zero-order valence-electron chi connectivity index (χ0n) is 19.6. The maximum Gasteiger partial charge on any atom is 0.326 e. The van der Waals surface area contributed by atoms with E-state index in [1.165, 1.54) is 0 Å². The molecule has 0 aromatic heterocycles. The lowest BCUT2D eigenvalue weighted by molar-refractivity contribution is -0.143. The molecule has 0 bridgehead atoms. The van der Waals surface area contributed by atoms with Gasteiger partial charge in [0, 0.05) is 13.1 Å². The van der Waals surface area contributed by atoms with Gasteiger partial charge >= 0.3 is 5.97 Å². The van der Waals surface area contributed by atoms with Crippen LogP contribution >= 0.6 is 0 Å². The van der Waals surface area contributed by atoms with Crippen LogP contribution in [0.15, 0.2) is 9.98 Å². The molecule has 3 amide bonds. The normalized spacial score (nSPS) is 13.2. The van der Waals surface area contributed by atoms with Crippen LogP contribution in [0.25, 0.3) is 0 Å². The second-order valence-electron chi connectivity index (χ2n) is 7.85. The van der Waals surface area contributed by atoms with Crippen LogP contribution in [0.1, 0.15) is 39.5 Å².